The summed E-state index contributed by atoms with van der Waals surface area (Å²) in [7, 11) is -2.46. The van der Waals surface area contributed by atoms with Gasteiger partial charge in [0.05, 0.1) is 0 Å². The number of rotatable bonds is 3. The lowest BCUT2D eigenvalue weighted by Crippen LogP contribution is -2.47. The van der Waals surface area contributed by atoms with Gasteiger partial charge in [0, 0.05) is 17.9 Å². The first-order chi connectivity index (χ1) is 6.88. The molecule has 5 heteroatoms. The molecule has 0 aliphatic carbocycles. The molecular weight excluding hydrogens is 221 g/mol. The van der Waals surface area contributed by atoms with E-state index in [2.05, 4.69) is 0 Å². The highest BCUT2D eigenvalue weighted by atomic mass is 28.4. The van der Waals surface area contributed by atoms with Gasteiger partial charge in [-0.25, -0.2) is 13.2 Å². The van der Waals surface area contributed by atoms with E-state index in [1.807, 2.05) is 0 Å². The minimum atomic E-state index is -2.46. The lowest BCUT2D eigenvalue weighted by molar-refractivity contribution is 0.337. The summed E-state index contributed by atoms with van der Waals surface area (Å²) < 4.78 is 44.4. The van der Waals surface area contributed by atoms with Crippen LogP contribution in [0.4, 0.5) is 13.2 Å². The van der Waals surface area contributed by atoms with E-state index in [9.17, 15) is 13.2 Å². The first kappa shape index (κ1) is 12.3. The zero-order valence-corrected chi connectivity index (χ0v) is 9.90. The topological polar surface area (TPSA) is 9.23 Å². The lowest BCUT2D eigenvalue weighted by atomic mass is 10.3. The van der Waals surface area contributed by atoms with Gasteiger partial charge in [0.15, 0.2) is 11.6 Å². The van der Waals surface area contributed by atoms with Crippen molar-refractivity contribution in [3.63, 3.8) is 0 Å². The summed E-state index contributed by atoms with van der Waals surface area (Å²) >= 11 is 0. The van der Waals surface area contributed by atoms with E-state index in [0.717, 1.165) is 6.07 Å². The second-order valence-electron chi connectivity index (χ2n) is 3.69. The van der Waals surface area contributed by atoms with Crippen molar-refractivity contribution in [2.45, 2.75) is 20.0 Å². The molecule has 0 saturated heterocycles. The van der Waals surface area contributed by atoms with Crippen LogP contribution in [0, 0.1) is 17.5 Å². The summed E-state index contributed by atoms with van der Waals surface area (Å²) in [6.07, 6.45) is 0. The molecule has 0 bridgehead atoms. The van der Waals surface area contributed by atoms with Gasteiger partial charge < -0.3 is 4.43 Å². The zero-order chi connectivity index (χ0) is 11.6. The van der Waals surface area contributed by atoms with E-state index in [-0.39, 0.29) is 5.19 Å². The van der Waals surface area contributed by atoms with E-state index in [4.69, 9.17) is 4.43 Å². The van der Waals surface area contributed by atoms with Crippen LogP contribution >= 0.6 is 0 Å². The fourth-order valence-electron chi connectivity index (χ4n) is 1.42. The third kappa shape index (κ3) is 2.60. The maximum Gasteiger partial charge on any atom is 0.221 e. The average molecular weight is 234 g/mol. The van der Waals surface area contributed by atoms with Gasteiger partial charge in [-0.05, 0) is 26.1 Å². The number of hydrogen-bond acceptors (Lipinski definition) is 1. The van der Waals surface area contributed by atoms with E-state index >= 15 is 0 Å². The summed E-state index contributed by atoms with van der Waals surface area (Å²) in [4.78, 5) is 0. The molecular formula is C10H13F3OSi. The molecule has 1 nitrogen and oxygen atoms in total. The van der Waals surface area contributed by atoms with Gasteiger partial charge in [-0.2, -0.15) is 0 Å². The number of hydrogen-bond donors (Lipinski definition) is 0. The Balaban J connectivity index is 3.19. The molecule has 0 spiro atoms. The Labute approximate surface area is 88.0 Å². The Morgan fingerprint density at radius 3 is 2.13 bits per heavy atom. The van der Waals surface area contributed by atoms with E-state index in [0.29, 0.717) is 12.7 Å². The molecule has 1 rings (SSSR count). The van der Waals surface area contributed by atoms with Crippen molar-refractivity contribution in [1.29, 1.82) is 0 Å². The molecule has 0 saturated carbocycles. The molecule has 84 valence electrons. The predicted molar refractivity (Wildman–Crippen MR) is 55.1 cm³/mol. The highest BCUT2D eigenvalue weighted by molar-refractivity contribution is 6.84. The average Bonchev–Trinajstić information content (AvgIpc) is 2.11. The van der Waals surface area contributed by atoms with Crippen LogP contribution in [-0.4, -0.2) is 14.9 Å². The Morgan fingerprint density at radius 2 is 1.60 bits per heavy atom. The number of halogens is 3. The molecule has 1 aromatic rings. The maximum atomic E-state index is 13.4. The summed E-state index contributed by atoms with van der Waals surface area (Å²) in [6, 6.07) is 1.46. The molecule has 0 amide bonds. The SMILES string of the molecule is CCO[Si](C)(C)c1cc(F)c(F)cc1F. The maximum absolute atomic E-state index is 13.4. The van der Waals surface area contributed by atoms with E-state index in [1.165, 1.54) is 0 Å². The van der Waals surface area contributed by atoms with Crippen molar-refractivity contribution in [1.82, 2.24) is 0 Å². The van der Waals surface area contributed by atoms with Crippen LogP contribution in [0.5, 0.6) is 0 Å². The van der Waals surface area contributed by atoms with Crippen LogP contribution in [0.1, 0.15) is 6.92 Å². The first-order valence-corrected chi connectivity index (χ1v) is 7.58. The van der Waals surface area contributed by atoms with Gasteiger partial charge in [0.2, 0.25) is 8.32 Å². The molecule has 0 radical (unpaired) electrons. The van der Waals surface area contributed by atoms with Crippen molar-refractivity contribution in [3.8, 4) is 0 Å². The Kier molecular flexibility index (Phi) is 3.57. The minimum Gasteiger partial charge on any atom is -0.413 e. The van der Waals surface area contributed by atoms with E-state index < -0.39 is 25.8 Å². The highest BCUT2D eigenvalue weighted by Gasteiger charge is 2.29. The van der Waals surface area contributed by atoms with E-state index in [1.54, 1.807) is 20.0 Å². The molecule has 0 aliphatic heterocycles. The Hall–Kier alpha value is -0.813. The fourth-order valence-corrected chi connectivity index (χ4v) is 3.42. The summed E-state index contributed by atoms with van der Waals surface area (Å²) in [5.74, 6) is -2.94. The van der Waals surface area contributed by atoms with Crippen LogP contribution in [0.25, 0.3) is 0 Å². The Bertz CT molecular complexity index is 366. The predicted octanol–water partition coefficient (Wildman–Crippen LogP) is 2.55. The molecule has 0 aromatic heterocycles. The molecule has 0 atom stereocenters. The Morgan fingerprint density at radius 1 is 1.07 bits per heavy atom. The van der Waals surface area contributed by atoms with Gasteiger partial charge in [-0.1, -0.05) is 0 Å². The van der Waals surface area contributed by atoms with Crippen molar-refractivity contribution in [3.05, 3.63) is 29.6 Å². The summed E-state index contributed by atoms with van der Waals surface area (Å²) in [5.41, 5.74) is 0. The minimum absolute atomic E-state index is 0.156. The highest BCUT2D eigenvalue weighted by Crippen LogP contribution is 2.12. The van der Waals surface area contributed by atoms with Gasteiger partial charge >= 0.3 is 0 Å². The molecule has 0 heterocycles. The van der Waals surface area contributed by atoms with Crippen LogP contribution in [0.15, 0.2) is 12.1 Å². The molecule has 1 aromatic carbocycles. The van der Waals surface area contributed by atoms with Crippen molar-refractivity contribution < 1.29 is 17.6 Å². The van der Waals surface area contributed by atoms with Crippen molar-refractivity contribution in [2.75, 3.05) is 6.61 Å². The quantitative estimate of drug-likeness (QED) is 0.577. The summed E-state index contributed by atoms with van der Waals surface area (Å²) in [5, 5.41) is 0.156. The molecule has 0 N–H and O–H groups in total. The van der Waals surface area contributed by atoms with Crippen LogP contribution in [0.2, 0.25) is 13.1 Å². The normalized spacial score (nSPS) is 11.9. The second kappa shape index (κ2) is 4.36. The lowest BCUT2D eigenvalue weighted by Gasteiger charge is -2.22. The van der Waals surface area contributed by atoms with Gasteiger partial charge in [0.25, 0.3) is 0 Å². The first-order valence-electron chi connectivity index (χ1n) is 4.67. The van der Waals surface area contributed by atoms with Crippen LogP contribution < -0.4 is 5.19 Å². The van der Waals surface area contributed by atoms with Gasteiger partial charge in [0.1, 0.15) is 5.82 Å². The molecule has 0 fully saturated rings. The third-order valence-corrected chi connectivity index (χ3v) is 4.85. The smallest absolute Gasteiger partial charge is 0.221 e. The van der Waals surface area contributed by atoms with Gasteiger partial charge in [-0.3, -0.25) is 0 Å². The van der Waals surface area contributed by atoms with Crippen LogP contribution in [-0.2, 0) is 4.43 Å². The summed E-state index contributed by atoms with van der Waals surface area (Å²) in [6.45, 7) is 5.70. The van der Waals surface area contributed by atoms with Gasteiger partial charge in [-0.15, -0.1) is 0 Å². The monoisotopic (exact) mass is 234 g/mol. The van der Waals surface area contributed by atoms with Crippen molar-refractivity contribution in [2.24, 2.45) is 0 Å². The fraction of sp³-hybridized carbons (Fsp3) is 0.400. The van der Waals surface area contributed by atoms with Crippen molar-refractivity contribution >= 4 is 13.5 Å². The molecule has 15 heavy (non-hydrogen) atoms. The largest absolute Gasteiger partial charge is 0.413 e. The molecule has 0 unspecified atom stereocenters. The standard InChI is InChI=1S/C10H13F3OSi/c1-4-14-15(2,3)10-6-8(12)7(11)5-9(10)13/h5-6H,4H2,1-3H3. The second-order valence-corrected chi connectivity index (χ2v) is 7.54. The third-order valence-electron chi connectivity index (χ3n) is 2.16. The zero-order valence-electron chi connectivity index (χ0n) is 8.90. The van der Waals surface area contributed by atoms with Crippen LogP contribution in [0.3, 0.4) is 0 Å². The molecule has 0 aliphatic rings. The number of benzene rings is 1.